The van der Waals surface area contributed by atoms with Crippen molar-refractivity contribution in [2.45, 2.75) is 30.4 Å². The van der Waals surface area contributed by atoms with E-state index < -0.39 is 15.8 Å². The van der Waals surface area contributed by atoms with Gasteiger partial charge in [0.05, 0.1) is 6.61 Å². The highest BCUT2D eigenvalue weighted by molar-refractivity contribution is 7.89. The van der Waals surface area contributed by atoms with Gasteiger partial charge in [0.2, 0.25) is 10.0 Å². The Hall–Kier alpha value is -0.980. The van der Waals surface area contributed by atoms with Crippen molar-refractivity contribution < 1.29 is 17.9 Å². The third-order valence-electron chi connectivity index (χ3n) is 2.90. The molecule has 0 spiro atoms. The molecule has 0 bridgehead atoms. The van der Waals surface area contributed by atoms with E-state index in [-0.39, 0.29) is 17.5 Å². The van der Waals surface area contributed by atoms with Gasteiger partial charge in [-0.25, -0.2) is 12.8 Å². The SMILES string of the molecule is CN(C1CC1)S(=O)(=O)c1cc(CO)ccc1F. The van der Waals surface area contributed by atoms with Crippen molar-refractivity contribution >= 4 is 10.0 Å². The summed E-state index contributed by atoms with van der Waals surface area (Å²) in [5, 5.41) is 8.95. The molecule has 0 atom stereocenters. The lowest BCUT2D eigenvalue weighted by Gasteiger charge is -2.17. The first-order valence-corrected chi connectivity index (χ1v) is 6.78. The van der Waals surface area contributed by atoms with Crippen molar-refractivity contribution in [1.29, 1.82) is 0 Å². The van der Waals surface area contributed by atoms with Crippen LogP contribution in [0.1, 0.15) is 18.4 Å². The van der Waals surface area contributed by atoms with Crippen LogP contribution >= 0.6 is 0 Å². The van der Waals surface area contributed by atoms with Crippen molar-refractivity contribution in [1.82, 2.24) is 4.31 Å². The Morgan fingerprint density at radius 3 is 2.65 bits per heavy atom. The molecule has 0 amide bonds. The number of aliphatic hydroxyl groups excluding tert-OH is 1. The molecule has 94 valence electrons. The second-order valence-corrected chi connectivity index (χ2v) is 6.14. The molecule has 1 saturated carbocycles. The maximum atomic E-state index is 13.6. The number of benzene rings is 1. The number of halogens is 1. The minimum Gasteiger partial charge on any atom is -0.392 e. The summed E-state index contributed by atoms with van der Waals surface area (Å²) in [6.45, 7) is -0.310. The molecule has 4 nitrogen and oxygen atoms in total. The van der Waals surface area contributed by atoms with E-state index in [1.165, 1.54) is 23.5 Å². The van der Waals surface area contributed by atoms with E-state index in [2.05, 4.69) is 0 Å². The smallest absolute Gasteiger partial charge is 0.245 e. The van der Waals surface area contributed by atoms with Gasteiger partial charge >= 0.3 is 0 Å². The van der Waals surface area contributed by atoms with Crippen molar-refractivity contribution in [3.05, 3.63) is 29.6 Å². The van der Waals surface area contributed by atoms with Crippen LogP contribution in [0.5, 0.6) is 0 Å². The molecule has 1 aliphatic carbocycles. The van der Waals surface area contributed by atoms with Gasteiger partial charge in [0, 0.05) is 13.1 Å². The summed E-state index contributed by atoms with van der Waals surface area (Å²) in [5.74, 6) is -0.783. The lowest BCUT2D eigenvalue weighted by atomic mass is 10.2. The zero-order valence-electron chi connectivity index (χ0n) is 9.43. The summed E-state index contributed by atoms with van der Waals surface area (Å²) in [7, 11) is -2.34. The van der Waals surface area contributed by atoms with Crippen LogP contribution < -0.4 is 0 Å². The molecular formula is C11H14FNO3S. The van der Waals surface area contributed by atoms with Crippen molar-refractivity contribution in [3.63, 3.8) is 0 Å². The quantitative estimate of drug-likeness (QED) is 0.881. The van der Waals surface area contributed by atoms with E-state index in [1.54, 1.807) is 0 Å². The first-order valence-electron chi connectivity index (χ1n) is 5.34. The number of nitrogens with zero attached hydrogens (tertiary/aromatic N) is 1. The molecule has 0 saturated heterocycles. The minimum atomic E-state index is -3.79. The second-order valence-electron chi connectivity index (χ2n) is 4.18. The second kappa shape index (κ2) is 4.36. The largest absolute Gasteiger partial charge is 0.392 e. The minimum absolute atomic E-state index is 0.0165. The molecule has 0 radical (unpaired) electrons. The van der Waals surface area contributed by atoms with E-state index in [0.717, 1.165) is 18.9 Å². The Morgan fingerprint density at radius 1 is 1.47 bits per heavy atom. The maximum absolute atomic E-state index is 13.6. The highest BCUT2D eigenvalue weighted by Crippen LogP contribution is 2.31. The zero-order chi connectivity index (χ0) is 12.6. The monoisotopic (exact) mass is 259 g/mol. The van der Waals surface area contributed by atoms with Gasteiger partial charge in [-0.1, -0.05) is 6.07 Å². The Kier molecular flexibility index (Phi) is 3.20. The average Bonchev–Trinajstić information content (AvgIpc) is 3.12. The Morgan fingerprint density at radius 2 is 2.12 bits per heavy atom. The molecule has 6 heteroatoms. The summed E-state index contributed by atoms with van der Waals surface area (Å²) in [4.78, 5) is -0.363. The van der Waals surface area contributed by atoms with Crippen LogP contribution in [0.25, 0.3) is 0 Å². The van der Waals surface area contributed by atoms with Crippen molar-refractivity contribution in [2.75, 3.05) is 7.05 Å². The Bertz CT molecular complexity index is 526. The van der Waals surface area contributed by atoms with Gasteiger partial charge in [-0.3, -0.25) is 0 Å². The molecule has 0 aromatic heterocycles. The predicted octanol–water partition coefficient (Wildman–Crippen LogP) is 1.10. The predicted molar refractivity (Wildman–Crippen MR) is 60.3 cm³/mol. The molecule has 17 heavy (non-hydrogen) atoms. The van der Waals surface area contributed by atoms with Crippen molar-refractivity contribution in [2.24, 2.45) is 0 Å². The van der Waals surface area contributed by atoms with Gasteiger partial charge in [-0.05, 0) is 30.5 Å². The van der Waals surface area contributed by atoms with Crippen LogP contribution in [-0.4, -0.2) is 30.9 Å². The first kappa shape index (κ1) is 12.5. The van der Waals surface area contributed by atoms with Crippen LogP contribution in [0.2, 0.25) is 0 Å². The molecule has 0 aliphatic heterocycles. The van der Waals surface area contributed by atoms with E-state index >= 15 is 0 Å². The summed E-state index contributed by atoms with van der Waals surface area (Å²) in [5.41, 5.74) is 0.383. The summed E-state index contributed by atoms with van der Waals surface area (Å²) in [6, 6.07) is 3.60. The van der Waals surface area contributed by atoms with Gasteiger partial charge in [0.25, 0.3) is 0 Å². The standard InChI is InChI=1S/C11H14FNO3S/c1-13(9-3-4-9)17(15,16)11-6-8(7-14)2-5-10(11)12/h2,5-6,9,14H,3-4,7H2,1H3. The molecule has 1 N–H and O–H groups in total. The normalized spacial score (nSPS) is 16.5. The van der Waals surface area contributed by atoms with Gasteiger partial charge < -0.3 is 5.11 Å². The third kappa shape index (κ3) is 2.34. The lowest BCUT2D eigenvalue weighted by Crippen LogP contribution is -2.29. The third-order valence-corrected chi connectivity index (χ3v) is 4.82. The molecule has 1 fully saturated rings. The number of hydrogen-bond acceptors (Lipinski definition) is 3. The summed E-state index contributed by atoms with van der Waals surface area (Å²) < 4.78 is 39.0. The van der Waals surface area contributed by atoms with Gasteiger partial charge in [0.1, 0.15) is 10.7 Å². The molecule has 1 aromatic carbocycles. The van der Waals surface area contributed by atoms with Crippen LogP contribution in [-0.2, 0) is 16.6 Å². The average molecular weight is 259 g/mol. The Labute approximate surface area is 99.7 Å². The van der Waals surface area contributed by atoms with Gasteiger partial charge in [-0.15, -0.1) is 0 Å². The van der Waals surface area contributed by atoms with Gasteiger partial charge in [-0.2, -0.15) is 4.31 Å². The topological polar surface area (TPSA) is 57.6 Å². The van der Waals surface area contributed by atoms with Crippen molar-refractivity contribution in [3.8, 4) is 0 Å². The van der Waals surface area contributed by atoms with Crippen LogP contribution in [0.15, 0.2) is 23.1 Å². The van der Waals surface area contributed by atoms with E-state index in [4.69, 9.17) is 5.11 Å². The number of aliphatic hydroxyl groups is 1. The molecule has 1 aliphatic rings. The molecule has 0 heterocycles. The Balaban J connectivity index is 2.44. The van der Waals surface area contributed by atoms with E-state index in [0.29, 0.717) is 5.56 Å². The van der Waals surface area contributed by atoms with Crippen LogP contribution in [0.4, 0.5) is 4.39 Å². The fraction of sp³-hybridized carbons (Fsp3) is 0.455. The van der Waals surface area contributed by atoms with Crippen LogP contribution in [0.3, 0.4) is 0 Å². The fourth-order valence-corrected chi connectivity index (χ4v) is 3.16. The highest BCUT2D eigenvalue weighted by Gasteiger charge is 2.36. The maximum Gasteiger partial charge on any atom is 0.245 e. The number of hydrogen-bond donors (Lipinski definition) is 1. The lowest BCUT2D eigenvalue weighted by molar-refractivity contribution is 0.281. The molecule has 1 aromatic rings. The van der Waals surface area contributed by atoms with E-state index in [9.17, 15) is 12.8 Å². The number of sulfonamides is 1. The number of rotatable bonds is 4. The van der Waals surface area contributed by atoms with Crippen LogP contribution in [0, 0.1) is 5.82 Å². The molecular weight excluding hydrogens is 245 g/mol. The highest BCUT2D eigenvalue weighted by atomic mass is 32.2. The summed E-state index contributed by atoms with van der Waals surface area (Å²) in [6.07, 6.45) is 1.63. The van der Waals surface area contributed by atoms with E-state index in [1.807, 2.05) is 0 Å². The summed E-state index contributed by atoms with van der Waals surface area (Å²) >= 11 is 0. The fourth-order valence-electron chi connectivity index (χ4n) is 1.63. The van der Waals surface area contributed by atoms with Gasteiger partial charge in [0.15, 0.2) is 0 Å². The molecule has 2 rings (SSSR count). The first-order chi connectivity index (χ1) is 7.96. The zero-order valence-corrected chi connectivity index (χ0v) is 10.2. The molecule has 0 unspecified atom stereocenters.